The van der Waals surface area contributed by atoms with Crippen LogP contribution in [-0.2, 0) is 21.7 Å². The van der Waals surface area contributed by atoms with Crippen molar-refractivity contribution < 1.29 is 4.74 Å². The molecule has 2 aliphatic heterocycles. The van der Waals surface area contributed by atoms with Gasteiger partial charge in [0.05, 0.1) is 39.8 Å². The van der Waals surface area contributed by atoms with E-state index in [1.54, 1.807) is 0 Å². The summed E-state index contributed by atoms with van der Waals surface area (Å²) in [4.78, 5) is 22.5. The normalized spacial score (nSPS) is 13.5. The Morgan fingerprint density at radius 2 is 0.840 bits per heavy atom. The van der Waals surface area contributed by atoms with Gasteiger partial charge in [-0.3, -0.25) is 14.9 Å². The maximum atomic E-state index is 7.00. The molecule has 7 nitrogen and oxygen atoms in total. The van der Waals surface area contributed by atoms with Gasteiger partial charge in [-0.2, -0.15) is 0 Å². The molecule has 11 rings (SSSR count). The van der Waals surface area contributed by atoms with Crippen LogP contribution in [0.15, 0.2) is 182 Å². The first-order valence-corrected chi connectivity index (χ1v) is 26.3. The summed E-state index contributed by atoms with van der Waals surface area (Å²) in [6, 6.07) is 59.0. The van der Waals surface area contributed by atoms with Crippen LogP contribution in [-0.4, -0.2) is 21.6 Å². The number of ether oxygens (including phenoxy) is 1. The second-order valence-electron chi connectivity index (χ2n) is 24.3. The number of nitrogens with zero attached hydrogens (tertiary/aromatic N) is 6. The van der Waals surface area contributed by atoms with Crippen LogP contribution in [0.4, 0.5) is 39.9 Å². The molecule has 0 bridgehead atoms. The molecule has 0 atom stereocenters. The van der Waals surface area contributed by atoms with Crippen LogP contribution in [0.3, 0.4) is 0 Å². The highest BCUT2D eigenvalue weighted by Crippen LogP contribution is 2.54. The monoisotopic (exact) mass is 985 g/mol. The molecule has 0 saturated heterocycles. The van der Waals surface area contributed by atoms with Gasteiger partial charge in [-0.15, -0.1) is 0 Å². The van der Waals surface area contributed by atoms with Crippen molar-refractivity contribution in [1.82, 2.24) is 15.0 Å². The molecule has 0 unspecified atom stereocenters. The van der Waals surface area contributed by atoms with Crippen LogP contribution in [0.25, 0.3) is 44.8 Å². The first kappa shape index (κ1) is 49.2. The molecule has 6 aromatic carbocycles. The Bertz CT molecular complexity index is 3560. The largest absolute Gasteiger partial charge is 0.457 e. The van der Waals surface area contributed by atoms with Crippen molar-refractivity contribution in [2.75, 3.05) is 21.4 Å². The Hall–Kier alpha value is -8.03. The van der Waals surface area contributed by atoms with Gasteiger partial charge in [0, 0.05) is 58.7 Å². The minimum absolute atomic E-state index is 0.0658. The number of pyridine rings is 3. The SMILES string of the molecule is CC(C)(C)c1ccnc(-c2cc(C(C)(C)C)cc(-c3cc(C(C)(C)C)ccn3)c2N2CN(c3cccc(Oc4ccc5c(c4)N(c4cc(C(C)(C)C)ccn4)c4ccccc4-c4ccccc4-5)c3)c3ccccc32)c1. The second kappa shape index (κ2) is 18.4. The number of rotatable bonds is 7. The first-order chi connectivity index (χ1) is 35.7. The van der Waals surface area contributed by atoms with E-state index < -0.39 is 0 Å². The van der Waals surface area contributed by atoms with E-state index in [0.717, 1.165) is 90.6 Å². The average molecular weight is 985 g/mol. The summed E-state index contributed by atoms with van der Waals surface area (Å²) in [5.41, 5.74) is 19.5. The van der Waals surface area contributed by atoms with Crippen LogP contribution >= 0.6 is 0 Å². The standard InChI is InChI=1S/C68H68N6O/c1-65(2,3)44-30-33-69-57(38-44)55-36-47(68(10,11)12)37-56(58-39-45(31-34-70-58)66(4,5)6)64(55)73-43-72(60-26-17-18-27-61(60)73)48-20-19-21-49(41-48)75-50-28-29-54-52-23-14-13-22-51(52)53-24-15-16-25-59(53)74(62(54)42-50)63-40-46(32-35-71-63)67(7,8)9/h13-42H,43H2,1-12H3. The lowest BCUT2D eigenvalue weighted by atomic mass is 9.81. The Morgan fingerprint density at radius 3 is 1.41 bits per heavy atom. The van der Waals surface area contributed by atoms with Crippen molar-refractivity contribution in [3.63, 3.8) is 0 Å². The van der Waals surface area contributed by atoms with Gasteiger partial charge in [-0.25, -0.2) is 4.98 Å². The molecule has 5 heterocycles. The van der Waals surface area contributed by atoms with E-state index in [9.17, 15) is 0 Å². The molecule has 0 N–H and O–H groups in total. The third-order valence-electron chi connectivity index (χ3n) is 14.9. The number of hydrogen-bond donors (Lipinski definition) is 0. The smallest absolute Gasteiger partial charge is 0.137 e. The van der Waals surface area contributed by atoms with Crippen molar-refractivity contribution in [2.45, 2.75) is 105 Å². The number of anilines is 7. The lowest BCUT2D eigenvalue weighted by molar-refractivity contribution is 0.483. The van der Waals surface area contributed by atoms with Crippen LogP contribution in [0, 0.1) is 0 Å². The van der Waals surface area contributed by atoms with E-state index in [2.05, 4.69) is 262 Å². The Morgan fingerprint density at radius 1 is 0.360 bits per heavy atom. The minimum atomic E-state index is -0.153. The second-order valence-corrected chi connectivity index (χ2v) is 24.3. The van der Waals surface area contributed by atoms with Crippen LogP contribution in [0.1, 0.15) is 105 Å². The summed E-state index contributed by atoms with van der Waals surface area (Å²) in [5.74, 6) is 2.32. The molecule has 9 aromatic rings. The highest BCUT2D eigenvalue weighted by atomic mass is 16.5. The number of aromatic nitrogens is 3. The molecule has 0 radical (unpaired) electrons. The van der Waals surface area contributed by atoms with Crippen molar-refractivity contribution >= 4 is 39.9 Å². The molecular formula is C68H68N6O. The molecule has 0 aliphatic carbocycles. The number of fused-ring (bicyclic) bond motifs is 6. The van der Waals surface area contributed by atoms with Gasteiger partial charge < -0.3 is 14.5 Å². The first-order valence-electron chi connectivity index (χ1n) is 26.3. The summed E-state index contributed by atoms with van der Waals surface area (Å²) >= 11 is 0. The molecule has 2 aliphatic rings. The zero-order valence-corrected chi connectivity index (χ0v) is 45.6. The molecule has 0 amide bonds. The van der Waals surface area contributed by atoms with E-state index in [4.69, 9.17) is 19.7 Å². The summed E-state index contributed by atoms with van der Waals surface area (Å²) in [5, 5.41) is 0. The molecule has 0 fully saturated rings. The minimum Gasteiger partial charge on any atom is -0.457 e. The zero-order chi connectivity index (χ0) is 52.6. The maximum absolute atomic E-state index is 7.00. The van der Waals surface area contributed by atoms with E-state index in [1.807, 2.05) is 18.6 Å². The number of benzene rings is 6. The molecular weight excluding hydrogens is 917 g/mol. The van der Waals surface area contributed by atoms with Gasteiger partial charge in [-0.1, -0.05) is 144 Å². The fourth-order valence-corrected chi connectivity index (χ4v) is 10.5. The van der Waals surface area contributed by atoms with Crippen molar-refractivity contribution in [1.29, 1.82) is 0 Å². The van der Waals surface area contributed by atoms with Gasteiger partial charge in [0.2, 0.25) is 0 Å². The summed E-state index contributed by atoms with van der Waals surface area (Å²) in [6.45, 7) is 27.8. The van der Waals surface area contributed by atoms with Crippen molar-refractivity contribution in [3.05, 3.63) is 205 Å². The lowest BCUT2D eigenvalue weighted by Crippen LogP contribution is -2.25. The molecule has 376 valence electrons. The predicted molar refractivity (Wildman–Crippen MR) is 313 cm³/mol. The Balaban J connectivity index is 1.03. The maximum Gasteiger partial charge on any atom is 0.137 e. The fourth-order valence-electron chi connectivity index (χ4n) is 10.5. The quantitative estimate of drug-likeness (QED) is 0.158. The zero-order valence-electron chi connectivity index (χ0n) is 45.6. The van der Waals surface area contributed by atoms with Gasteiger partial charge in [-0.05, 0) is 146 Å². The Kier molecular flexibility index (Phi) is 12.1. The highest BCUT2D eigenvalue weighted by Gasteiger charge is 2.35. The topological polar surface area (TPSA) is 57.6 Å². The van der Waals surface area contributed by atoms with Crippen LogP contribution in [0.5, 0.6) is 11.5 Å². The van der Waals surface area contributed by atoms with Gasteiger partial charge in [0.15, 0.2) is 0 Å². The van der Waals surface area contributed by atoms with Crippen LogP contribution < -0.4 is 19.4 Å². The number of para-hydroxylation sites is 3. The third-order valence-corrected chi connectivity index (χ3v) is 14.9. The molecule has 3 aromatic heterocycles. The highest BCUT2D eigenvalue weighted by molar-refractivity contribution is 6.03. The molecule has 0 saturated carbocycles. The van der Waals surface area contributed by atoms with Crippen LogP contribution in [0.2, 0.25) is 0 Å². The fraction of sp³-hybridized carbons (Fsp3) is 0.250. The van der Waals surface area contributed by atoms with E-state index >= 15 is 0 Å². The van der Waals surface area contributed by atoms with Gasteiger partial charge >= 0.3 is 0 Å². The lowest BCUT2D eigenvalue weighted by Gasteiger charge is -2.30. The summed E-state index contributed by atoms with van der Waals surface area (Å²) in [6.07, 6.45) is 5.88. The van der Waals surface area contributed by atoms with E-state index in [1.165, 1.54) is 27.8 Å². The van der Waals surface area contributed by atoms with E-state index in [0.29, 0.717) is 6.67 Å². The number of hydrogen-bond acceptors (Lipinski definition) is 7. The molecule has 0 spiro atoms. The van der Waals surface area contributed by atoms with Gasteiger partial charge in [0.1, 0.15) is 24.0 Å². The van der Waals surface area contributed by atoms with Gasteiger partial charge in [0.25, 0.3) is 0 Å². The molecule has 7 heteroatoms. The predicted octanol–water partition coefficient (Wildman–Crippen LogP) is 18.6. The third kappa shape index (κ3) is 9.34. The Labute approximate surface area is 444 Å². The van der Waals surface area contributed by atoms with Crippen molar-refractivity contribution in [2.24, 2.45) is 0 Å². The summed E-state index contributed by atoms with van der Waals surface area (Å²) < 4.78 is 7.00. The average Bonchev–Trinajstić information content (AvgIpc) is 3.78. The molecule has 75 heavy (non-hydrogen) atoms. The van der Waals surface area contributed by atoms with Crippen molar-refractivity contribution in [3.8, 4) is 56.3 Å². The van der Waals surface area contributed by atoms with E-state index in [-0.39, 0.29) is 21.7 Å². The summed E-state index contributed by atoms with van der Waals surface area (Å²) in [7, 11) is 0.